The molecule has 1 N–H and O–H groups in total. The summed E-state index contributed by atoms with van der Waals surface area (Å²) in [6, 6.07) is 28.8. The lowest BCUT2D eigenvalue weighted by atomic mass is 10.0. The molecule has 1 aromatic heterocycles. The molecule has 0 spiro atoms. The Labute approximate surface area is 191 Å². The van der Waals surface area contributed by atoms with E-state index in [1.54, 1.807) is 18.3 Å². The van der Waals surface area contributed by atoms with Crippen molar-refractivity contribution in [3.05, 3.63) is 120 Å². The van der Waals surface area contributed by atoms with Gasteiger partial charge in [-0.3, -0.25) is 4.79 Å². The number of hydrogen-bond donors (Lipinski definition) is 1. The maximum atomic E-state index is 13.0. The number of para-hydroxylation sites is 1. The van der Waals surface area contributed by atoms with Crippen LogP contribution in [0.1, 0.15) is 16.7 Å². The molecule has 0 bridgehead atoms. The molecule has 0 radical (unpaired) electrons. The molecule has 0 aliphatic rings. The Morgan fingerprint density at radius 3 is 2.45 bits per heavy atom. The summed E-state index contributed by atoms with van der Waals surface area (Å²) in [5.41, 5.74) is 6.57. The summed E-state index contributed by atoms with van der Waals surface area (Å²) in [5, 5.41) is 7.68. The van der Waals surface area contributed by atoms with Crippen LogP contribution < -0.4 is 5.43 Å². The Bertz CT molecular complexity index is 1460. The number of fused-ring (bicyclic) bond motifs is 2. The van der Waals surface area contributed by atoms with Gasteiger partial charge in [-0.05, 0) is 40.1 Å². The van der Waals surface area contributed by atoms with E-state index < -0.39 is 0 Å². The largest absolute Gasteiger partial charge is 0.342 e. The highest BCUT2D eigenvalue weighted by Crippen LogP contribution is 2.24. The molecule has 0 unspecified atom stereocenters. The zero-order valence-electron chi connectivity index (χ0n) is 17.9. The SMILES string of the molecule is O=C(Cc1ccc(F)cc1)N/N=C/c1cn(Cc2cccc3ccccc23)c2ccccc12. The maximum absolute atomic E-state index is 13.0. The summed E-state index contributed by atoms with van der Waals surface area (Å²) < 4.78 is 15.2. The van der Waals surface area contributed by atoms with Crippen LogP contribution in [0.15, 0.2) is 102 Å². The van der Waals surface area contributed by atoms with Crippen LogP contribution in [0.3, 0.4) is 0 Å². The number of carbonyl (C=O) groups excluding carboxylic acids is 1. The third-order valence-electron chi connectivity index (χ3n) is 5.71. The molecule has 1 amide bonds. The van der Waals surface area contributed by atoms with Crippen LogP contribution in [0.2, 0.25) is 0 Å². The highest BCUT2D eigenvalue weighted by molar-refractivity contribution is 6.00. The lowest BCUT2D eigenvalue weighted by Gasteiger charge is -2.09. The lowest BCUT2D eigenvalue weighted by Crippen LogP contribution is -2.19. The van der Waals surface area contributed by atoms with E-state index in [0.717, 1.165) is 28.6 Å². The minimum Gasteiger partial charge on any atom is -0.342 e. The first-order valence-electron chi connectivity index (χ1n) is 10.8. The predicted octanol–water partition coefficient (Wildman–Crippen LogP) is 5.67. The number of amides is 1. The van der Waals surface area contributed by atoms with E-state index in [0.29, 0.717) is 0 Å². The van der Waals surface area contributed by atoms with Gasteiger partial charge in [-0.2, -0.15) is 5.10 Å². The number of halogens is 1. The molecule has 0 atom stereocenters. The zero-order chi connectivity index (χ0) is 22.6. The molecule has 5 heteroatoms. The summed E-state index contributed by atoms with van der Waals surface area (Å²) in [6.45, 7) is 0.729. The third kappa shape index (κ3) is 4.53. The Morgan fingerprint density at radius 2 is 1.61 bits per heavy atom. The van der Waals surface area contributed by atoms with Gasteiger partial charge >= 0.3 is 0 Å². The minimum absolute atomic E-state index is 0.139. The second-order valence-electron chi connectivity index (χ2n) is 7.96. The fraction of sp³-hybridized carbons (Fsp3) is 0.0714. The third-order valence-corrected chi connectivity index (χ3v) is 5.71. The summed E-state index contributed by atoms with van der Waals surface area (Å²) >= 11 is 0. The molecule has 0 fully saturated rings. The molecule has 0 saturated heterocycles. The van der Waals surface area contributed by atoms with Crippen molar-refractivity contribution < 1.29 is 9.18 Å². The van der Waals surface area contributed by atoms with E-state index in [1.807, 2.05) is 12.1 Å². The van der Waals surface area contributed by atoms with E-state index in [2.05, 4.69) is 75.9 Å². The van der Waals surface area contributed by atoms with Crippen LogP contribution in [0, 0.1) is 5.82 Å². The number of hydrazone groups is 1. The minimum atomic E-state index is -0.322. The van der Waals surface area contributed by atoms with E-state index >= 15 is 0 Å². The molecule has 0 aliphatic heterocycles. The maximum Gasteiger partial charge on any atom is 0.244 e. The molecular weight excluding hydrogens is 413 g/mol. The number of rotatable bonds is 6. The topological polar surface area (TPSA) is 46.4 Å². The summed E-state index contributed by atoms with van der Waals surface area (Å²) in [5.74, 6) is -0.575. The number of nitrogens with zero attached hydrogens (tertiary/aromatic N) is 2. The molecule has 5 rings (SSSR count). The average molecular weight is 436 g/mol. The second kappa shape index (κ2) is 9.09. The van der Waals surface area contributed by atoms with Crippen molar-refractivity contribution in [2.24, 2.45) is 5.10 Å². The van der Waals surface area contributed by atoms with Gasteiger partial charge in [-0.15, -0.1) is 0 Å². The average Bonchev–Trinajstić information content (AvgIpc) is 3.18. The van der Waals surface area contributed by atoms with Crippen LogP contribution >= 0.6 is 0 Å². The van der Waals surface area contributed by atoms with Gasteiger partial charge in [0, 0.05) is 29.2 Å². The first kappa shape index (κ1) is 20.6. The molecule has 1 heterocycles. The smallest absolute Gasteiger partial charge is 0.244 e. The number of benzene rings is 4. The Balaban J connectivity index is 1.37. The Morgan fingerprint density at radius 1 is 0.879 bits per heavy atom. The highest BCUT2D eigenvalue weighted by Gasteiger charge is 2.09. The van der Waals surface area contributed by atoms with Crippen LogP contribution in [0.4, 0.5) is 4.39 Å². The monoisotopic (exact) mass is 435 g/mol. The predicted molar refractivity (Wildman–Crippen MR) is 131 cm³/mol. The van der Waals surface area contributed by atoms with Crippen molar-refractivity contribution in [1.82, 2.24) is 9.99 Å². The molecule has 4 nitrogen and oxygen atoms in total. The zero-order valence-corrected chi connectivity index (χ0v) is 17.9. The molecule has 4 aromatic carbocycles. The summed E-state index contributed by atoms with van der Waals surface area (Å²) in [4.78, 5) is 12.2. The molecule has 162 valence electrons. The van der Waals surface area contributed by atoms with Crippen molar-refractivity contribution >= 4 is 33.8 Å². The van der Waals surface area contributed by atoms with Crippen molar-refractivity contribution in [2.45, 2.75) is 13.0 Å². The second-order valence-corrected chi connectivity index (χ2v) is 7.96. The van der Waals surface area contributed by atoms with E-state index in [4.69, 9.17) is 0 Å². The fourth-order valence-electron chi connectivity index (χ4n) is 4.12. The number of hydrogen-bond acceptors (Lipinski definition) is 2. The van der Waals surface area contributed by atoms with E-state index in [9.17, 15) is 9.18 Å². The van der Waals surface area contributed by atoms with Crippen LogP contribution in [-0.4, -0.2) is 16.7 Å². The Kier molecular flexibility index (Phi) is 5.68. The molecule has 5 aromatic rings. The highest BCUT2D eigenvalue weighted by atomic mass is 19.1. The fourth-order valence-corrected chi connectivity index (χ4v) is 4.12. The first-order chi connectivity index (χ1) is 16.2. The van der Waals surface area contributed by atoms with Crippen molar-refractivity contribution in [3.63, 3.8) is 0 Å². The van der Waals surface area contributed by atoms with Gasteiger partial charge in [0.1, 0.15) is 5.82 Å². The summed E-state index contributed by atoms with van der Waals surface area (Å²) in [6.07, 6.45) is 3.87. The van der Waals surface area contributed by atoms with Gasteiger partial charge in [-0.25, -0.2) is 9.82 Å². The van der Waals surface area contributed by atoms with Crippen molar-refractivity contribution in [3.8, 4) is 0 Å². The lowest BCUT2D eigenvalue weighted by molar-refractivity contribution is -0.120. The van der Waals surface area contributed by atoms with Gasteiger partial charge < -0.3 is 4.57 Å². The number of aromatic nitrogens is 1. The van der Waals surface area contributed by atoms with Crippen molar-refractivity contribution in [1.29, 1.82) is 0 Å². The Hall–Kier alpha value is -4.25. The standard InChI is InChI=1S/C28H22FN3O/c29-24-14-12-20(13-15-24)16-28(33)31-30-17-23-19-32(27-11-4-3-10-26(23)27)18-22-8-5-7-21-6-1-2-9-25(21)22/h1-15,17,19H,16,18H2,(H,31,33)/b30-17+. The van der Waals surface area contributed by atoms with Crippen LogP contribution in [0.25, 0.3) is 21.7 Å². The molecule has 0 aliphatic carbocycles. The first-order valence-corrected chi connectivity index (χ1v) is 10.8. The van der Waals surface area contributed by atoms with Crippen LogP contribution in [-0.2, 0) is 17.8 Å². The molecule has 33 heavy (non-hydrogen) atoms. The van der Waals surface area contributed by atoms with Crippen molar-refractivity contribution in [2.75, 3.05) is 0 Å². The van der Waals surface area contributed by atoms with E-state index in [1.165, 1.54) is 28.5 Å². The molecular formula is C28H22FN3O. The van der Waals surface area contributed by atoms with Gasteiger partial charge in [0.2, 0.25) is 5.91 Å². The number of nitrogens with one attached hydrogen (secondary N) is 1. The van der Waals surface area contributed by atoms with Gasteiger partial charge in [0.15, 0.2) is 0 Å². The van der Waals surface area contributed by atoms with Gasteiger partial charge in [0.05, 0.1) is 12.6 Å². The number of carbonyl (C=O) groups is 1. The quantitative estimate of drug-likeness (QED) is 0.271. The molecule has 0 saturated carbocycles. The normalized spacial score (nSPS) is 11.4. The van der Waals surface area contributed by atoms with Crippen LogP contribution in [0.5, 0.6) is 0 Å². The van der Waals surface area contributed by atoms with E-state index in [-0.39, 0.29) is 18.1 Å². The van der Waals surface area contributed by atoms with Gasteiger partial charge in [0.25, 0.3) is 0 Å². The van der Waals surface area contributed by atoms with Gasteiger partial charge in [-0.1, -0.05) is 72.8 Å². The summed E-state index contributed by atoms with van der Waals surface area (Å²) in [7, 11) is 0.